The van der Waals surface area contributed by atoms with E-state index < -0.39 is 5.97 Å². The van der Waals surface area contributed by atoms with Crippen LogP contribution in [0, 0.1) is 0 Å². The third-order valence-corrected chi connectivity index (χ3v) is 2.44. The number of para-hydroxylation sites is 1. The van der Waals surface area contributed by atoms with E-state index in [0.717, 1.165) is 11.8 Å². The van der Waals surface area contributed by atoms with E-state index >= 15 is 0 Å². The number of carboxylic acid groups (broad SMARTS) is 1. The van der Waals surface area contributed by atoms with Crippen molar-refractivity contribution in [2.75, 3.05) is 0 Å². The number of aromatic carboxylic acids is 1. The molecule has 0 saturated heterocycles. The minimum Gasteiger partial charge on any atom is -0.476 e. The van der Waals surface area contributed by atoms with Crippen LogP contribution in [0.3, 0.4) is 0 Å². The molecule has 1 heterocycles. The van der Waals surface area contributed by atoms with Gasteiger partial charge in [0.2, 0.25) is 0 Å². The second kappa shape index (κ2) is 4.91. The standard InChI is InChI=1S/C13H13NO4/c1-8(2)9-5-3-4-6-11(9)18-13-14-10(7-17-13)12(15)16/h3-8H,1-2H3,(H,15,16). The molecule has 1 aromatic heterocycles. The van der Waals surface area contributed by atoms with Gasteiger partial charge in [-0.05, 0) is 17.5 Å². The summed E-state index contributed by atoms with van der Waals surface area (Å²) in [7, 11) is 0. The lowest BCUT2D eigenvalue weighted by molar-refractivity contribution is 0.0690. The molecular formula is C13H13NO4. The number of ether oxygens (including phenoxy) is 1. The second-order valence-corrected chi connectivity index (χ2v) is 4.10. The summed E-state index contributed by atoms with van der Waals surface area (Å²) in [5.41, 5.74) is 0.833. The third-order valence-electron chi connectivity index (χ3n) is 2.44. The Morgan fingerprint density at radius 1 is 1.39 bits per heavy atom. The topological polar surface area (TPSA) is 72.6 Å². The smallest absolute Gasteiger partial charge is 0.399 e. The van der Waals surface area contributed by atoms with E-state index in [1.807, 2.05) is 32.0 Å². The number of carbonyl (C=O) groups is 1. The number of carboxylic acids is 1. The zero-order valence-corrected chi connectivity index (χ0v) is 10.1. The van der Waals surface area contributed by atoms with Gasteiger partial charge in [0.15, 0.2) is 5.69 Å². The number of nitrogens with zero attached hydrogens (tertiary/aromatic N) is 1. The zero-order chi connectivity index (χ0) is 13.1. The first-order chi connectivity index (χ1) is 8.58. The van der Waals surface area contributed by atoms with Crippen LogP contribution in [0.1, 0.15) is 35.8 Å². The molecule has 1 aromatic carbocycles. The maximum absolute atomic E-state index is 10.7. The molecule has 18 heavy (non-hydrogen) atoms. The molecule has 0 amide bonds. The van der Waals surface area contributed by atoms with Crippen molar-refractivity contribution in [2.45, 2.75) is 19.8 Å². The second-order valence-electron chi connectivity index (χ2n) is 4.10. The summed E-state index contributed by atoms with van der Waals surface area (Å²) >= 11 is 0. The van der Waals surface area contributed by atoms with Gasteiger partial charge in [-0.2, -0.15) is 4.98 Å². The normalized spacial score (nSPS) is 10.6. The van der Waals surface area contributed by atoms with Crippen molar-refractivity contribution in [3.05, 3.63) is 41.8 Å². The lowest BCUT2D eigenvalue weighted by Crippen LogP contribution is -1.97. The first kappa shape index (κ1) is 12.2. The lowest BCUT2D eigenvalue weighted by atomic mass is 10.0. The third kappa shape index (κ3) is 2.51. The van der Waals surface area contributed by atoms with Crippen LogP contribution in [0.2, 0.25) is 0 Å². The predicted octanol–water partition coefficient (Wildman–Crippen LogP) is 3.29. The first-order valence-corrected chi connectivity index (χ1v) is 5.53. The van der Waals surface area contributed by atoms with Crippen molar-refractivity contribution in [3.8, 4) is 11.8 Å². The Morgan fingerprint density at radius 3 is 2.72 bits per heavy atom. The molecule has 0 atom stereocenters. The average molecular weight is 247 g/mol. The number of benzene rings is 1. The summed E-state index contributed by atoms with van der Waals surface area (Å²) in [6, 6.07) is 7.49. The molecule has 0 aliphatic rings. The Morgan fingerprint density at radius 2 is 2.11 bits per heavy atom. The number of hydrogen-bond acceptors (Lipinski definition) is 4. The van der Waals surface area contributed by atoms with Gasteiger partial charge in [-0.1, -0.05) is 32.0 Å². The Labute approximate surface area is 104 Å². The van der Waals surface area contributed by atoms with E-state index in [0.29, 0.717) is 5.75 Å². The predicted molar refractivity (Wildman–Crippen MR) is 64.1 cm³/mol. The highest BCUT2D eigenvalue weighted by atomic mass is 16.6. The molecule has 0 aliphatic carbocycles. The molecule has 2 aromatic rings. The van der Waals surface area contributed by atoms with E-state index in [1.165, 1.54) is 0 Å². The fraction of sp³-hybridized carbons (Fsp3) is 0.231. The van der Waals surface area contributed by atoms with E-state index in [9.17, 15) is 4.79 Å². The van der Waals surface area contributed by atoms with Crippen LogP contribution < -0.4 is 4.74 Å². The van der Waals surface area contributed by atoms with Crippen LogP contribution in [0.5, 0.6) is 11.8 Å². The molecule has 0 fully saturated rings. The Balaban J connectivity index is 2.25. The minimum atomic E-state index is -1.15. The van der Waals surface area contributed by atoms with E-state index in [4.69, 9.17) is 14.3 Å². The van der Waals surface area contributed by atoms with Gasteiger partial charge in [0.25, 0.3) is 0 Å². The van der Waals surface area contributed by atoms with Crippen molar-refractivity contribution in [1.82, 2.24) is 4.98 Å². The van der Waals surface area contributed by atoms with Gasteiger partial charge < -0.3 is 14.3 Å². The van der Waals surface area contributed by atoms with Crippen LogP contribution in [0.25, 0.3) is 0 Å². The fourth-order valence-corrected chi connectivity index (χ4v) is 1.55. The molecule has 94 valence electrons. The molecule has 2 rings (SSSR count). The molecule has 0 spiro atoms. The van der Waals surface area contributed by atoms with Gasteiger partial charge in [-0.25, -0.2) is 4.79 Å². The van der Waals surface area contributed by atoms with Gasteiger partial charge in [0.05, 0.1) is 0 Å². The highest BCUT2D eigenvalue weighted by Crippen LogP contribution is 2.29. The van der Waals surface area contributed by atoms with Crippen LogP contribution in [-0.4, -0.2) is 16.1 Å². The van der Waals surface area contributed by atoms with Crippen molar-refractivity contribution >= 4 is 5.97 Å². The monoisotopic (exact) mass is 247 g/mol. The highest BCUT2D eigenvalue weighted by Gasteiger charge is 2.14. The van der Waals surface area contributed by atoms with E-state index in [2.05, 4.69) is 4.98 Å². The van der Waals surface area contributed by atoms with E-state index in [-0.39, 0.29) is 17.7 Å². The molecule has 0 aliphatic heterocycles. The number of oxazole rings is 1. The SMILES string of the molecule is CC(C)c1ccccc1Oc1nc(C(=O)O)co1. The lowest BCUT2D eigenvalue weighted by Gasteiger charge is -2.10. The highest BCUT2D eigenvalue weighted by molar-refractivity contribution is 5.84. The molecule has 5 nitrogen and oxygen atoms in total. The zero-order valence-electron chi connectivity index (χ0n) is 10.1. The number of hydrogen-bond donors (Lipinski definition) is 1. The summed E-state index contributed by atoms with van der Waals surface area (Å²) < 4.78 is 10.4. The van der Waals surface area contributed by atoms with Gasteiger partial charge in [-0.3, -0.25) is 0 Å². The maximum atomic E-state index is 10.7. The molecule has 5 heteroatoms. The van der Waals surface area contributed by atoms with Crippen molar-refractivity contribution < 1.29 is 19.1 Å². The number of rotatable bonds is 4. The summed E-state index contributed by atoms with van der Waals surface area (Å²) in [5.74, 6) is -0.243. The fourth-order valence-electron chi connectivity index (χ4n) is 1.55. The number of aromatic nitrogens is 1. The van der Waals surface area contributed by atoms with Crippen LogP contribution in [0.4, 0.5) is 0 Å². The van der Waals surface area contributed by atoms with Crippen molar-refractivity contribution in [3.63, 3.8) is 0 Å². The summed E-state index contributed by atoms with van der Waals surface area (Å²) in [4.78, 5) is 14.4. The van der Waals surface area contributed by atoms with Crippen molar-refractivity contribution in [1.29, 1.82) is 0 Å². The molecule has 1 N–H and O–H groups in total. The summed E-state index contributed by atoms with van der Waals surface area (Å²) in [5, 5.41) is 8.73. The van der Waals surface area contributed by atoms with Crippen LogP contribution in [-0.2, 0) is 0 Å². The molecule has 0 radical (unpaired) electrons. The largest absolute Gasteiger partial charge is 0.476 e. The Kier molecular flexibility index (Phi) is 3.32. The van der Waals surface area contributed by atoms with Gasteiger partial charge in [0, 0.05) is 0 Å². The Bertz CT molecular complexity index is 560. The average Bonchev–Trinajstić information content (AvgIpc) is 2.78. The summed E-state index contributed by atoms with van der Waals surface area (Å²) in [6.07, 6.45) is 0.982. The minimum absolute atomic E-state index is 0.0690. The van der Waals surface area contributed by atoms with Crippen molar-refractivity contribution in [2.24, 2.45) is 0 Å². The summed E-state index contributed by atoms with van der Waals surface area (Å²) in [6.45, 7) is 4.08. The molecule has 0 bridgehead atoms. The molecular weight excluding hydrogens is 234 g/mol. The van der Waals surface area contributed by atoms with E-state index in [1.54, 1.807) is 6.07 Å². The molecule has 0 saturated carbocycles. The molecule has 0 unspecified atom stereocenters. The van der Waals surface area contributed by atoms with Gasteiger partial charge >= 0.3 is 12.0 Å². The van der Waals surface area contributed by atoms with Gasteiger partial charge in [0.1, 0.15) is 12.0 Å². The van der Waals surface area contributed by atoms with Gasteiger partial charge in [-0.15, -0.1) is 0 Å². The maximum Gasteiger partial charge on any atom is 0.399 e. The Hall–Kier alpha value is -2.30. The quantitative estimate of drug-likeness (QED) is 0.897. The van der Waals surface area contributed by atoms with Crippen LogP contribution in [0.15, 0.2) is 34.9 Å². The first-order valence-electron chi connectivity index (χ1n) is 5.53. The van der Waals surface area contributed by atoms with Crippen LogP contribution >= 0.6 is 0 Å².